The summed E-state index contributed by atoms with van der Waals surface area (Å²) in [6, 6.07) is 15.1. The molecule has 0 aliphatic rings. The van der Waals surface area contributed by atoms with E-state index in [1.807, 2.05) is 62.4 Å². The van der Waals surface area contributed by atoms with Crippen molar-refractivity contribution in [3.05, 3.63) is 59.7 Å². The van der Waals surface area contributed by atoms with E-state index in [1.165, 1.54) is 0 Å². The lowest BCUT2D eigenvalue weighted by atomic mass is 10.1. The molecule has 3 heteroatoms. The zero-order chi connectivity index (χ0) is 14.4. The molecule has 0 spiro atoms. The van der Waals surface area contributed by atoms with Crippen LogP contribution in [0.4, 0.5) is 0 Å². The van der Waals surface area contributed by atoms with Gasteiger partial charge in [-0.05, 0) is 37.1 Å². The van der Waals surface area contributed by atoms with E-state index in [0.717, 1.165) is 17.4 Å². The van der Waals surface area contributed by atoms with Crippen LogP contribution in [0, 0.1) is 6.92 Å². The number of carbonyl (C=O) groups excluding carboxylic acids is 1. The second-order valence-corrected chi connectivity index (χ2v) is 4.47. The Morgan fingerprint density at radius 3 is 2.50 bits per heavy atom. The fourth-order valence-electron chi connectivity index (χ4n) is 1.93. The average Bonchev–Trinajstić information content (AvgIpc) is 2.48. The zero-order valence-corrected chi connectivity index (χ0v) is 11.7. The van der Waals surface area contributed by atoms with Crippen molar-refractivity contribution in [3.63, 3.8) is 0 Å². The first kappa shape index (κ1) is 14.1. The van der Waals surface area contributed by atoms with Gasteiger partial charge in [0, 0.05) is 0 Å². The van der Waals surface area contributed by atoms with Crippen LogP contribution in [0.1, 0.15) is 24.2 Å². The number of aryl methyl sites for hydroxylation is 1. The van der Waals surface area contributed by atoms with Crippen LogP contribution in [0.2, 0.25) is 0 Å². The molecular weight excluding hydrogens is 252 g/mol. The van der Waals surface area contributed by atoms with Crippen molar-refractivity contribution in [1.29, 1.82) is 0 Å². The number of hydrogen-bond acceptors (Lipinski definition) is 3. The molecule has 0 amide bonds. The highest BCUT2D eigenvalue weighted by atomic mass is 16.5. The van der Waals surface area contributed by atoms with Crippen molar-refractivity contribution in [2.24, 2.45) is 0 Å². The smallest absolute Gasteiger partial charge is 0.179 e. The minimum atomic E-state index is -0.627. The first-order valence-electron chi connectivity index (χ1n) is 6.65. The summed E-state index contributed by atoms with van der Waals surface area (Å²) in [5, 5.41) is 0. The standard InChI is InChI=1S/C17H18O3/c1-3-19-16-11-13(2)9-10-15(16)20-17(12-18)14-7-5-4-6-8-14/h4-12,17H,3H2,1-2H3/t17-/m1/s1. The van der Waals surface area contributed by atoms with Gasteiger partial charge < -0.3 is 9.47 Å². The molecule has 20 heavy (non-hydrogen) atoms. The number of rotatable bonds is 6. The van der Waals surface area contributed by atoms with Gasteiger partial charge in [0.1, 0.15) is 0 Å². The summed E-state index contributed by atoms with van der Waals surface area (Å²) in [4.78, 5) is 11.3. The van der Waals surface area contributed by atoms with Gasteiger partial charge in [0.05, 0.1) is 6.61 Å². The number of aldehydes is 1. The number of carbonyl (C=O) groups is 1. The van der Waals surface area contributed by atoms with Gasteiger partial charge in [-0.2, -0.15) is 0 Å². The summed E-state index contributed by atoms with van der Waals surface area (Å²) in [6.45, 7) is 4.46. The van der Waals surface area contributed by atoms with E-state index in [4.69, 9.17) is 9.47 Å². The van der Waals surface area contributed by atoms with Crippen LogP contribution in [0.3, 0.4) is 0 Å². The van der Waals surface area contributed by atoms with Gasteiger partial charge in [-0.15, -0.1) is 0 Å². The third-order valence-electron chi connectivity index (χ3n) is 2.90. The van der Waals surface area contributed by atoms with E-state index < -0.39 is 6.10 Å². The van der Waals surface area contributed by atoms with Crippen LogP contribution >= 0.6 is 0 Å². The van der Waals surface area contributed by atoms with E-state index in [9.17, 15) is 4.79 Å². The van der Waals surface area contributed by atoms with E-state index in [1.54, 1.807) is 0 Å². The molecule has 2 aromatic rings. The van der Waals surface area contributed by atoms with Crippen molar-refractivity contribution in [2.75, 3.05) is 6.61 Å². The lowest BCUT2D eigenvalue weighted by Gasteiger charge is -2.17. The van der Waals surface area contributed by atoms with Crippen LogP contribution < -0.4 is 9.47 Å². The van der Waals surface area contributed by atoms with Crippen LogP contribution in [-0.4, -0.2) is 12.9 Å². The van der Waals surface area contributed by atoms with Crippen molar-refractivity contribution in [2.45, 2.75) is 20.0 Å². The SMILES string of the molecule is CCOc1cc(C)ccc1O[C@H](C=O)c1ccccc1. The Labute approximate surface area is 119 Å². The Morgan fingerprint density at radius 2 is 1.85 bits per heavy atom. The summed E-state index contributed by atoms with van der Waals surface area (Å²) in [6.07, 6.45) is 0.170. The van der Waals surface area contributed by atoms with Crippen LogP contribution in [0.15, 0.2) is 48.5 Å². The van der Waals surface area contributed by atoms with Gasteiger partial charge in [0.15, 0.2) is 23.9 Å². The Balaban J connectivity index is 2.25. The summed E-state index contributed by atoms with van der Waals surface area (Å²) in [7, 11) is 0. The maximum Gasteiger partial charge on any atom is 0.179 e. The second-order valence-electron chi connectivity index (χ2n) is 4.47. The van der Waals surface area contributed by atoms with Gasteiger partial charge in [-0.1, -0.05) is 36.4 Å². The second kappa shape index (κ2) is 6.75. The summed E-state index contributed by atoms with van der Waals surface area (Å²) >= 11 is 0. The molecule has 0 aliphatic carbocycles. The molecule has 0 saturated carbocycles. The molecule has 0 fully saturated rings. The normalized spacial score (nSPS) is 11.7. The monoisotopic (exact) mass is 270 g/mol. The largest absolute Gasteiger partial charge is 0.490 e. The first-order chi connectivity index (χ1) is 9.74. The topological polar surface area (TPSA) is 35.5 Å². The molecule has 1 atom stereocenters. The molecule has 0 aliphatic heterocycles. The predicted molar refractivity (Wildman–Crippen MR) is 78.2 cm³/mol. The van der Waals surface area contributed by atoms with E-state index >= 15 is 0 Å². The number of hydrogen-bond donors (Lipinski definition) is 0. The van der Waals surface area contributed by atoms with Crippen molar-refractivity contribution in [1.82, 2.24) is 0 Å². The third kappa shape index (κ3) is 3.38. The predicted octanol–water partition coefficient (Wildman–Crippen LogP) is 3.71. The molecule has 0 heterocycles. The number of benzene rings is 2. The van der Waals surface area contributed by atoms with Crippen molar-refractivity contribution >= 4 is 6.29 Å². The lowest BCUT2D eigenvalue weighted by Crippen LogP contribution is -2.10. The minimum absolute atomic E-state index is 0.552. The van der Waals surface area contributed by atoms with Gasteiger partial charge in [0.2, 0.25) is 0 Å². The summed E-state index contributed by atoms with van der Waals surface area (Å²) in [5.41, 5.74) is 1.91. The molecule has 0 saturated heterocycles. The molecule has 0 radical (unpaired) electrons. The third-order valence-corrected chi connectivity index (χ3v) is 2.90. The maximum atomic E-state index is 11.3. The molecule has 3 nitrogen and oxygen atoms in total. The van der Waals surface area contributed by atoms with Crippen LogP contribution in [-0.2, 0) is 4.79 Å². The zero-order valence-electron chi connectivity index (χ0n) is 11.7. The van der Waals surface area contributed by atoms with Crippen LogP contribution in [0.25, 0.3) is 0 Å². The average molecular weight is 270 g/mol. The minimum Gasteiger partial charge on any atom is -0.490 e. The lowest BCUT2D eigenvalue weighted by molar-refractivity contribution is -0.113. The number of ether oxygens (including phenoxy) is 2. The van der Waals surface area contributed by atoms with Gasteiger partial charge in [-0.25, -0.2) is 0 Å². The van der Waals surface area contributed by atoms with E-state index in [0.29, 0.717) is 18.1 Å². The highest BCUT2D eigenvalue weighted by Crippen LogP contribution is 2.31. The molecular formula is C17H18O3. The summed E-state index contributed by atoms with van der Waals surface area (Å²) in [5.74, 6) is 1.24. The molecule has 0 bridgehead atoms. The molecule has 104 valence electrons. The van der Waals surface area contributed by atoms with Gasteiger partial charge in [-0.3, -0.25) is 4.79 Å². The highest BCUT2D eigenvalue weighted by Gasteiger charge is 2.14. The Morgan fingerprint density at radius 1 is 1.10 bits per heavy atom. The summed E-state index contributed by atoms with van der Waals surface area (Å²) < 4.78 is 11.4. The van der Waals surface area contributed by atoms with Crippen molar-refractivity contribution < 1.29 is 14.3 Å². The maximum absolute atomic E-state index is 11.3. The van der Waals surface area contributed by atoms with E-state index in [2.05, 4.69) is 0 Å². The quantitative estimate of drug-likeness (QED) is 0.751. The van der Waals surface area contributed by atoms with Crippen molar-refractivity contribution in [3.8, 4) is 11.5 Å². The Kier molecular flexibility index (Phi) is 4.77. The van der Waals surface area contributed by atoms with Gasteiger partial charge >= 0.3 is 0 Å². The molecule has 0 N–H and O–H groups in total. The van der Waals surface area contributed by atoms with Crippen LogP contribution in [0.5, 0.6) is 11.5 Å². The fraction of sp³-hybridized carbons (Fsp3) is 0.235. The highest BCUT2D eigenvalue weighted by molar-refractivity contribution is 5.61. The Bertz CT molecular complexity index is 564. The molecule has 2 rings (SSSR count). The fourth-order valence-corrected chi connectivity index (χ4v) is 1.93. The van der Waals surface area contributed by atoms with E-state index in [-0.39, 0.29) is 0 Å². The van der Waals surface area contributed by atoms with Gasteiger partial charge in [0.25, 0.3) is 0 Å². The molecule has 2 aromatic carbocycles. The Hall–Kier alpha value is -2.29. The molecule has 0 unspecified atom stereocenters. The first-order valence-corrected chi connectivity index (χ1v) is 6.65. The molecule has 0 aromatic heterocycles.